The van der Waals surface area contributed by atoms with E-state index < -0.39 is 0 Å². The van der Waals surface area contributed by atoms with Gasteiger partial charge in [-0.05, 0) is 20.6 Å². The lowest BCUT2D eigenvalue weighted by Gasteiger charge is -2.13. The number of hydrogen-bond acceptors (Lipinski definition) is 1. The minimum Gasteiger partial charge on any atom is -0.344 e. The third kappa shape index (κ3) is 3.55. The molecule has 3 heteroatoms. The maximum atomic E-state index is 4.06. The number of rotatable bonds is 2. The summed E-state index contributed by atoms with van der Waals surface area (Å²) in [7, 11) is 1.93. The average molecular weight is 153 g/mol. The summed E-state index contributed by atoms with van der Waals surface area (Å²) in [5.74, 6) is 0.658. The van der Waals surface area contributed by atoms with Crippen molar-refractivity contribution in [2.75, 3.05) is 13.6 Å². The van der Waals surface area contributed by atoms with Crippen LogP contribution >= 0.6 is 0 Å². The molecule has 0 heterocycles. The van der Waals surface area contributed by atoms with E-state index in [-0.39, 0.29) is 0 Å². The van der Waals surface area contributed by atoms with Gasteiger partial charge in [-0.1, -0.05) is 6.08 Å². The smallest absolute Gasteiger partial charge is 0.224 e. The third-order valence-electron chi connectivity index (χ3n) is 1.30. The molecule has 0 atom stereocenters. The van der Waals surface area contributed by atoms with Gasteiger partial charge in [-0.3, -0.25) is 0 Å². The molecule has 0 bridgehead atoms. The summed E-state index contributed by atoms with van der Waals surface area (Å²) in [4.78, 5) is 9.76. The first-order valence-corrected chi connectivity index (χ1v) is 3.63. The van der Waals surface area contributed by atoms with Crippen molar-refractivity contribution in [1.29, 1.82) is 0 Å². The Morgan fingerprint density at radius 1 is 1.64 bits per heavy atom. The van der Waals surface area contributed by atoms with E-state index in [1.807, 2.05) is 31.9 Å². The van der Waals surface area contributed by atoms with Crippen molar-refractivity contribution in [2.45, 2.75) is 13.8 Å². The fourth-order valence-electron chi connectivity index (χ4n) is 0.543. The van der Waals surface area contributed by atoms with Crippen molar-refractivity contribution in [3.63, 3.8) is 0 Å². The van der Waals surface area contributed by atoms with Gasteiger partial charge in [0, 0.05) is 19.8 Å². The van der Waals surface area contributed by atoms with Gasteiger partial charge in [-0.25, -0.2) is 9.98 Å². The summed E-state index contributed by atoms with van der Waals surface area (Å²) in [6.07, 6.45) is 3.56. The lowest BCUT2D eigenvalue weighted by Crippen LogP contribution is -2.24. The van der Waals surface area contributed by atoms with Gasteiger partial charge >= 0.3 is 0 Å². The molecule has 0 saturated carbocycles. The van der Waals surface area contributed by atoms with Gasteiger partial charge in [0.15, 0.2) is 0 Å². The molecule has 3 nitrogen and oxygen atoms in total. The van der Waals surface area contributed by atoms with Gasteiger partial charge < -0.3 is 4.90 Å². The fourth-order valence-corrected chi connectivity index (χ4v) is 0.543. The minimum atomic E-state index is 0.658. The number of guanidine groups is 1. The summed E-state index contributed by atoms with van der Waals surface area (Å²) in [5.41, 5.74) is 0. The Labute approximate surface area is 68.2 Å². The van der Waals surface area contributed by atoms with Gasteiger partial charge in [-0.15, -0.1) is 0 Å². The van der Waals surface area contributed by atoms with E-state index in [4.69, 9.17) is 0 Å². The van der Waals surface area contributed by atoms with Crippen molar-refractivity contribution >= 4 is 12.7 Å². The molecule has 0 aromatic carbocycles. The molecule has 0 N–H and O–H groups in total. The second kappa shape index (κ2) is 5.65. The van der Waals surface area contributed by atoms with Crippen molar-refractivity contribution in [2.24, 2.45) is 9.98 Å². The van der Waals surface area contributed by atoms with E-state index in [2.05, 4.69) is 16.7 Å². The van der Waals surface area contributed by atoms with Crippen LogP contribution in [0.4, 0.5) is 0 Å². The van der Waals surface area contributed by atoms with E-state index in [0.29, 0.717) is 5.96 Å². The van der Waals surface area contributed by atoms with Crippen molar-refractivity contribution < 1.29 is 0 Å². The summed E-state index contributed by atoms with van der Waals surface area (Å²) < 4.78 is 0. The van der Waals surface area contributed by atoms with Gasteiger partial charge in [0.25, 0.3) is 0 Å². The molecule has 0 amide bonds. The van der Waals surface area contributed by atoms with Crippen LogP contribution in [0.15, 0.2) is 22.3 Å². The van der Waals surface area contributed by atoms with Crippen LogP contribution in [0, 0.1) is 0 Å². The third-order valence-corrected chi connectivity index (χ3v) is 1.30. The van der Waals surface area contributed by atoms with Gasteiger partial charge in [0.2, 0.25) is 5.96 Å². The molecular formula is C8H15N3. The molecule has 0 aliphatic carbocycles. The second-order valence-electron chi connectivity index (χ2n) is 2.08. The van der Waals surface area contributed by atoms with Crippen molar-refractivity contribution in [3.8, 4) is 0 Å². The topological polar surface area (TPSA) is 28.0 Å². The fraction of sp³-hybridized carbons (Fsp3) is 0.500. The van der Waals surface area contributed by atoms with Crippen molar-refractivity contribution in [3.05, 3.63) is 12.3 Å². The Kier molecular flexibility index (Phi) is 5.07. The molecule has 0 rings (SSSR count). The summed E-state index contributed by atoms with van der Waals surface area (Å²) in [6, 6.07) is 0. The zero-order valence-electron chi connectivity index (χ0n) is 7.41. The highest BCUT2D eigenvalue weighted by Gasteiger charge is 1.97. The van der Waals surface area contributed by atoms with Gasteiger partial charge in [0.1, 0.15) is 0 Å². The van der Waals surface area contributed by atoms with E-state index >= 15 is 0 Å². The van der Waals surface area contributed by atoms with E-state index in [1.54, 1.807) is 6.20 Å². The molecule has 0 aromatic rings. The van der Waals surface area contributed by atoms with Crippen LogP contribution in [-0.2, 0) is 0 Å². The molecule has 0 radical (unpaired) electrons. The number of aliphatic imine (C=N–C) groups is 2. The maximum absolute atomic E-state index is 4.06. The Morgan fingerprint density at radius 3 is 2.64 bits per heavy atom. The predicted molar refractivity (Wildman–Crippen MR) is 50.1 cm³/mol. The SMILES string of the molecule is C=N/C(=N\C=C\C)N(C)CC. The highest BCUT2D eigenvalue weighted by atomic mass is 15.2. The largest absolute Gasteiger partial charge is 0.344 e. The molecular weight excluding hydrogens is 138 g/mol. The minimum absolute atomic E-state index is 0.658. The van der Waals surface area contributed by atoms with Crippen LogP contribution in [0.3, 0.4) is 0 Å². The predicted octanol–water partition coefficient (Wildman–Crippen LogP) is 1.53. The Balaban J connectivity index is 4.25. The zero-order chi connectivity index (χ0) is 8.69. The molecule has 0 aromatic heterocycles. The van der Waals surface area contributed by atoms with Crippen LogP contribution in [-0.4, -0.2) is 31.2 Å². The monoisotopic (exact) mass is 153 g/mol. The maximum Gasteiger partial charge on any atom is 0.224 e. The number of nitrogens with zero attached hydrogens (tertiary/aromatic N) is 3. The van der Waals surface area contributed by atoms with E-state index in [9.17, 15) is 0 Å². The lowest BCUT2D eigenvalue weighted by molar-refractivity contribution is 0.530. The quantitative estimate of drug-likeness (QED) is 0.436. The average Bonchev–Trinajstić information content (AvgIpc) is 2.05. The molecule has 0 saturated heterocycles. The zero-order valence-corrected chi connectivity index (χ0v) is 7.41. The van der Waals surface area contributed by atoms with Crippen LogP contribution in [0.5, 0.6) is 0 Å². The van der Waals surface area contributed by atoms with Crippen LogP contribution in [0.1, 0.15) is 13.8 Å². The van der Waals surface area contributed by atoms with E-state index in [1.165, 1.54) is 0 Å². The highest BCUT2D eigenvalue weighted by molar-refractivity contribution is 5.84. The second-order valence-corrected chi connectivity index (χ2v) is 2.08. The van der Waals surface area contributed by atoms with Crippen molar-refractivity contribution in [1.82, 2.24) is 4.90 Å². The number of hydrogen-bond donors (Lipinski definition) is 0. The molecule has 0 unspecified atom stereocenters. The Morgan fingerprint density at radius 2 is 2.27 bits per heavy atom. The number of allylic oxidation sites excluding steroid dienone is 1. The van der Waals surface area contributed by atoms with Crippen LogP contribution in [0.25, 0.3) is 0 Å². The molecule has 0 aliphatic rings. The molecule has 62 valence electrons. The molecule has 11 heavy (non-hydrogen) atoms. The first kappa shape index (κ1) is 9.88. The molecule has 0 aliphatic heterocycles. The van der Waals surface area contributed by atoms with Crippen LogP contribution in [0.2, 0.25) is 0 Å². The standard InChI is InChI=1S/C8H15N3/c1-5-7-10-8(9-3)11(4)6-2/h5,7H,3,6H2,1-2,4H3/b7-5+,10-8+. The first-order chi connectivity index (χ1) is 5.26. The van der Waals surface area contributed by atoms with Gasteiger partial charge in [0.05, 0.1) is 0 Å². The van der Waals surface area contributed by atoms with Crippen LogP contribution < -0.4 is 0 Å². The Bertz CT molecular complexity index is 170. The lowest BCUT2D eigenvalue weighted by atomic mass is 10.6. The highest BCUT2D eigenvalue weighted by Crippen LogP contribution is 1.89. The summed E-state index contributed by atoms with van der Waals surface area (Å²) in [6.45, 7) is 8.26. The first-order valence-electron chi connectivity index (χ1n) is 3.63. The summed E-state index contributed by atoms with van der Waals surface area (Å²) in [5, 5.41) is 0. The summed E-state index contributed by atoms with van der Waals surface area (Å²) >= 11 is 0. The molecule has 0 spiro atoms. The van der Waals surface area contributed by atoms with Gasteiger partial charge in [-0.2, -0.15) is 0 Å². The van der Waals surface area contributed by atoms with E-state index in [0.717, 1.165) is 6.54 Å². The normalized spacial score (nSPS) is 12.1. The molecule has 0 fully saturated rings. The Hall–Kier alpha value is -1.12.